The van der Waals surface area contributed by atoms with Crippen molar-refractivity contribution in [3.63, 3.8) is 0 Å². The number of benzene rings is 3. The van der Waals surface area contributed by atoms with Gasteiger partial charge in [0.05, 0.1) is 19.0 Å². The normalized spacial score (nSPS) is 20.3. The number of rotatable bonds is 8. The van der Waals surface area contributed by atoms with Crippen LogP contribution in [0.4, 0.5) is 0 Å². The maximum atomic E-state index is 6.40. The first-order valence-corrected chi connectivity index (χ1v) is 10.3. The van der Waals surface area contributed by atoms with Crippen LogP contribution in [0.25, 0.3) is 11.1 Å². The summed E-state index contributed by atoms with van der Waals surface area (Å²) in [5, 5.41) is 0. The molecule has 0 aliphatic carbocycles. The molecule has 2 fully saturated rings. The van der Waals surface area contributed by atoms with Crippen LogP contribution in [0, 0.1) is 0 Å². The molecule has 150 valence electrons. The van der Waals surface area contributed by atoms with Gasteiger partial charge >= 0.3 is 6.92 Å². The highest BCUT2D eigenvalue weighted by Gasteiger charge is 2.36. The molecule has 30 heavy (non-hydrogen) atoms. The molecule has 3 heterocycles. The lowest BCUT2D eigenvalue weighted by Crippen LogP contribution is -2.43. The van der Waals surface area contributed by atoms with Crippen LogP contribution in [0.1, 0.15) is 0 Å². The first kappa shape index (κ1) is 17.9. The molecular weight excluding hydrogens is 379 g/mol. The van der Waals surface area contributed by atoms with E-state index in [2.05, 4.69) is 24.3 Å². The SMILES string of the molecule is c1ccc(OB2c3ccc(OCC4CO4)cc3-c3cc(OCC4CO4)ccc32)cc1. The van der Waals surface area contributed by atoms with Crippen molar-refractivity contribution in [2.24, 2.45) is 0 Å². The van der Waals surface area contributed by atoms with E-state index in [4.69, 9.17) is 23.6 Å². The Morgan fingerprint density at radius 2 is 1.23 bits per heavy atom. The maximum absolute atomic E-state index is 6.40. The van der Waals surface area contributed by atoms with Crippen molar-refractivity contribution < 1.29 is 23.6 Å². The van der Waals surface area contributed by atoms with Gasteiger partial charge in [0.15, 0.2) is 0 Å². The van der Waals surface area contributed by atoms with Gasteiger partial charge in [0.1, 0.15) is 36.9 Å². The molecule has 3 aliphatic rings. The Hall–Kier alpha value is -2.96. The predicted octanol–water partition coefficient (Wildman–Crippen LogP) is 2.41. The smallest absolute Gasteiger partial charge is 0.427 e. The standard InChI is InChI=1S/C24H21BO5/c1-2-4-16(5-3-1)30-25-23-8-6-17(26-12-19-14-28-19)10-21(23)22-11-18(7-9-24(22)25)27-13-20-15-29-20/h1-11,19-20H,12-15H2. The highest BCUT2D eigenvalue weighted by Crippen LogP contribution is 2.31. The molecule has 3 aromatic rings. The van der Waals surface area contributed by atoms with Gasteiger partial charge in [-0.05, 0) is 58.5 Å². The first-order valence-electron chi connectivity index (χ1n) is 10.3. The van der Waals surface area contributed by atoms with Crippen molar-refractivity contribution in [2.45, 2.75) is 12.2 Å². The molecule has 0 spiro atoms. The second kappa shape index (κ2) is 7.38. The van der Waals surface area contributed by atoms with E-state index < -0.39 is 0 Å². The fourth-order valence-electron chi connectivity index (χ4n) is 3.81. The van der Waals surface area contributed by atoms with Crippen molar-refractivity contribution in [3.05, 3.63) is 66.7 Å². The van der Waals surface area contributed by atoms with Crippen LogP contribution in [0.2, 0.25) is 0 Å². The molecule has 0 radical (unpaired) electrons. The molecule has 2 atom stereocenters. The van der Waals surface area contributed by atoms with Gasteiger partial charge in [-0.1, -0.05) is 30.3 Å². The highest BCUT2D eigenvalue weighted by molar-refractivity contribution is 6.85. The van der Waals surface area contributed by atoms with E-state index in [-0.39, 0.29) is 19.1 Å². The third-order valence-electron chi connectivity index (χ3n) is 5.58. The van der Waals surface area contributed by atoms with Crippen LogP contribution in [0.15, 0.2) is 66.7 Å². The van der Waals surface area contributed by atoms with Gasteiger partial charge in [-0.15, -0.1) is 0 Å². The van der Waals surface area contributed by atoms with Gasteiger partial charge < -0.3 is 23.6 Å². The van der Waals surface area contributed by atoms with Crippen LogP contribution in [0.5, 0.6) is 17.2 Å². The minimum Gasteiger partial charge on any atom is -0.551 e. The fourth-order valence-corrected chi connectivity index (χ4v) is 3.81. The molecule has 2 saturated heterocycles. The minimum atomic E-state index is -0.168. The summed E-state index contributed by atoms with van der Waals surface area (Å²) < 4.78 is 28.8. The third kappa shape index (κ3) is 3.64. The topological polar surface area (TPSA) is 52.8 Å². The van der Waals surface area contributed by atoms with E-state index in [0.29, 0.717) is 13.2 Å². The molecule has 2 unspecified atom stereocenters. The Morgan fingerprint density at radius 3 is 1.73 bits per heavy atom. The summed E-state index contributed by atoms with van der Waals surface area (Å²) in [5.41, 5.74) is 4.50. The lowest BCUT2D eigenvalue weighted by atomic mass is 9.58. The largest absolute Gasteiger partial charge is 0.551 e. The molecule has 6 rings (SSSR count). The van der Waals surface area contributed by atoms with Crippen LogP contribution in [-0.4, -0.2) is 45.6 Å². The summed E-state index contributed by atoms with van der Waals surface area (Å²) in [6, 6.07) is 22.3. The second-order valence-corrected chi connectivity index (χ2v) is 7.84. The molecular formula is C24H21BO5. The Balaban J connectivity index is 1.34. The molecule has 3 aliphatic heterocycles. The second-order valence-electron chi connectivity index (χ2n) is 7.84. The highest BCUT2D eigenvalue weighted by atomic mass is 16.6. The van der Waals surface area contributed by atoms with Gasteiger partial charge in [-0.3, -0.25) is 0 Å². The minimum absolute atomic E-state index is 0.168. The zero-order valence-corrected chi connectivity index (χ0v) is 16.5. The lowest BCUT2D eigenvalue weighted by molar-refractivity contribution is 0.263. The molecule has 0 N–H and O–H groups in total. The molecule has 6 heteroatoms. The first-order chi connectivity index (χ1) is 14.8. The van der Waals surface area contributed by atoms with E-state index in [1.54, 1.807) is 0 Å². The summed E-state index contributed by atoms with van der Waals surface area (Å²) in [4.78, 5) is 0. The average Bonchev–Trinajstić information content (AvgIpc) is 3.71. The fraction of sp³-hybridized carbons (Fsp3) is 0.250. The average molecular weight is 400 g/mol. The predicted molar refractivity (Wildman–Crippen MR) is 114 cm³/mol. The van der Waals surface area contributed by atoms with Crippen molar-refractivity contribution in [1.82, 2.24) is 0 Å². The van der Waals surface area contributed by atoms with Crippen LogP contribution in [-0.2, 0) is 9.47 Å². The van der Waals surface area contributed by atoms with Gasteiger partial charge in [0, 0.05) is 0 Å². The molecule has 0 aromatic heterocycles. The summed E-state index contributed by atoms with van der Waals surface area (Å²) >= 11 is 0. The summed E-state index contributed by atoms with van der Waals surface area (Å²) in [6.07, 6.45) is 0.452. The maximum Gasteiger partial charge on any atom is 0.427 e. The summed E-state index contributed by atoms with van der Waals surface area (Å²) in [7, 11) is 0. The zero-order chi connectivity index (χ0) is 19.9. The quantitative estimate of drug-likeness (QED) is 0.430. The molecule has 0 saturated carbocycles. The van der Waals surface area contributed by atoms with E-state index in [1.165, 1.54) is 0 Å². The number of hydrogen-bond donors (Lipinski definition) is 0. The molecule has 3 aromatic carbocycles. The Kier molecular flexibility index (Phi) is 4.40. The van der Waals surface area contributed by atoms with E-state index in [1.807, 2.05) is 42.5 Å². The summed E-state index contributed by atoms with van der Waals surface area (Å²) in [6.45, 7) is 2.57. The molecule has 0 bridgehead atoms. The number of para-hydroxylation sites is 1. The monoisotopic (exact) mass is 400 g/mol. The van der Waals surface area contributed by atoms with Crippen molar-refractivity contribution in [2.75, 3.05) is 26.4 Å². The van der Waals surface area contributed by atoms with Crippen LogP contribution >= 0.6 is 0 Å². The van der Waals surface area contributed by atoms with Gasteiger partial charge in [-0.25, -0.2) is 0 Å². The Labute approximate surface area is 175 Å². The number of epoxide rings is 2. The number of hydrogen-bond acceptors (Lipinski definition) is 5. The number of ether oxygens (including phenoxy) is 4. The molecule has 0 amide bonds. The van der Waals surface area contributed by atoms with Gasteiger partial charge in [0.2, 0.25) is 0 Å². The van der Waals surface area contributed by atoms with Crippen molar-refractivity contribution >= 4 is 17.8 Å². The third-order valence-corrected chi connectivity index (χ3v) is 5.58. The van der Waals surface area contributed by atoms with Crippen LogP contribution in [0.3, 0.4) is 0 Å². The number of fused-ring (bicyclic) bond motifs is 3. The van der Waals surface area contributed by atoms with Crippen molar-refractivity contribution in [3.8, 4) is 28.4 Å². The molecule has 5 nitrogen and oxygen atoms in total. The van der Waals surface area contributed by atoms with E-state index in [0.717, 1.165) is 52.5 Å². The van der Waals surface area contributed by atoms with E-state index >= 15 is 0 Å². The Bertz CT molecular complexity index is 997. The zero-order valence-electron chi connectivity index (χ0n) is 16.5. The lowest BCUT2D eigenvalue weighted by Gasteiger charge is -2.13. The van der Waals surface area contributed by atoms with Crippen LogP contribution < -0.4 is 25.1 Å². The van der Waals surface area contributed by atoms with Gasteiger partial charge in [-0.2, -0.15) is 0 Å². The summed E-state index contributed by atoms with van der Waals surface area (Å²) in [5.74, 6) is 2.53. The van der Waals surface area contributed by atoms with Crippen molar-refractivity contribution in [1.29, 1.82) is 0 Å². The van der Waals surface area contributed by atoms with E-state index in [9.17, 15) is 0 Å². The Morgan fingerprint density at radius 1 is 0.700 bits per heavy atom. The van der Waals surface area contributed by atoms with Gasteiger partial charge in [0.25, 0.3) is 0 Å².